The summed E-state index contributed by atoms with van der Waals surface area (Å²) in [6.45, 7) is 7.48. The number of nitrogens with zero attached hydrogens (tertiary/aromatic N) is 1. The summed E-state index contributed by atoms with van der Waals surface area (Å²) < 4.78 is 0. The molecule has 0 amide bonds. The molecule has 1 aromatic carbocycles. The number of hydrogen-bond donors (Lipinski definition) is 1. The first-order valence-electron chi connectivity index (χ1n) is 5.80. The first-order valence-corrected chi connectivity index (χ1v) is 5.80. The second-order valence-corrected chi connectivity index (χ2v) is 4.62. The third-order valence-electron chi connectivity index (χ3n) is 3.10. The van der Waals surface area contributed by atoms with E-state index in [9.17, 15) is 9.90 Å². The Balaban J connectivity index is 2.36. The number of carboxylic acid groups (broad SMARTS) is 1. The normalized spacial score (nSPS) is 18.6. The minimum atomic E-state index is -0.729. The van der Waals surface area contributed by atoms with E-state index < -0.39 is 5.97 Å². The zero-order valence-electron chi connectivity index (χ0n) is 10.0. The van der Waals surface area contributed by atoms with Gasteiger partial charge in [0, 0.05) is 18.8 Å². The molecule has 90 valence electrons. The van der Waals surface area contributed by atoms with Crippen molar-refractivity contribution in [2.24, 2.45) is 0 Å². The molecular formula is C14H17NO2. The van der Waals surface area contributed by atoms with Gasteiger partial charge < -0.3 is 10.0 Å². The van der Waals surface area contributed by atoms with Gasteiger partial charge in [-0.1, -0.05) is 30.4 Å². The van der Waals surface area contributed by atoms with Crippen LogP contribution in [0.15, 0.2) is 36.4 Å². The van der Waals surface area contributed by atoms with Crippen LogP contribution in [0.25, 0.3) is 0 Å². The van der Waals surface area contributed by atoms with Gasteiger partial charge in [0.2, 0.25) is 0 Å². The Hall–Kier alpha value is -1.77. The summed E-state index contributed by atoms with van der Waals surface area (Å²) >= 11 is 0. The molecule has 17 heavy (non-hydrogen) atoms. The molecule has 0 saturated carbocycles. The minimum Gasteiger partial charge on any atom is -0.481 e. The van der Waals surface area contributed by atoms with Crippen molar-refractivity contribution < 1.29 is 9.90 Å². The molecule has 0 aromatic heterocycles. The maximum Gasteiger partial charge on any atom is 0.311 e. The molecule has 3 nitrogen and oxygen atoms in total. The summed E-state index contributed by atoms with van der Waals surface area (Å²) in [6, 6.07) is 7.76. The predicted molar refractivity (Wildman–Crippen MR) is 68.5 cm³/mol. The lowest BCUT2D eigenvalue weighted by Gasteiger charge is -2.34. The molecule has 2 rings (SSSR count). The van der Waals surface area contributed by atoms with Crippen LogP contribution >= 0.6 is 0 Å². The highest BCUT2D eigenvalue weighted by atomic mass is 16.4. The third-order valence-corrected chi connectivity index (χ3v) is 3.10. The minimum absolute atomic E-state index is 0.368. The molecule has 1 N–H and O–H groups in total. The number of aliphatic carboxylic acids is 1. The van der Waals surface area contributed by atoms with Crippen molar-refractivity contribution in [1.82, 2.24) is 0 Å². The Labute approximate surface area is 101 Å². The molecule has 0 aliphatic carbocycles. The fraction of sp³-hybridized carbons (Fsp3) is 0.357. The van der Waals surface area contributed by atoms with Gasteiger partial charge in [0.05, 0.1) is 5.92 Å². The van der Waals surface area contributed by atoms with Crippen LogP contribution in [-0.2, 0) is 4.79 Å². The van der Waals surface area contributed by atoms with E-state index in [4.69, 9.17) is 0 Å². The van der Waals surface area contributed by atoms with E-state index in [-0.39, 0.29) is 5.92 Å². The number of hydrogen-bond acceptors (Lipinski definition) is 2. The lowest BCUT2D eigenvalue weighted by atomic mass is 9.90. The van der Waals surface area contributed by atoms with Gasteiger partial charge >= 0.3 is 5.97 Å². The van der Waals surface area contributed by atoms with E-state index in [1.165, 1.54) is 0 Å². The molecule has 1 atom stereocenters. The van der Waals surface area contributed by atoms with Crippen molar-refractivity contribution in [3.63, 3.8) is 0 Å². The molecule has 0 saturated heterocycles. The van der Waals surface area contributed by atoms with Crippen LogP contribution in [-0.4, -0.2) is 24.2 Å². The van der Waals surface area contributed by atoms with Gasteiger partial charge in [-0.15, -0.1) is 0 Å². The first-order chi connectivity index (χ1) is 8.09. The van der Waals surface area contributed by atoms with Crippen LogP contribution in [0.3, 0.4) is 0 Å². The van der Waals surface area contributed by atoms with Crippen molar-refractivity contribution in [1.29, 1.82) is 0 Å². The Morgan fingerprint density at radius 2 is 2.24 bits per heavy atom. The van der Waals surface area contributed by atoms with Crippen molar-refractivity contribution in [3.05, 3.63) is 42.0 Å². The van der Waals surface area contributed by atoms with E-state index in [1.54, 1.807) is 0 Å². The second-order valence-electron chi connectivity index (χ2n) is 4.62. The van der Waals surface area contributed by atoms with Crippen molar-refractivity contribution >= 4 is 11.7 Å². The fourth-order valence-corrected chi connectivity index (χ4v) is 2.38. The summed E-state index contributed by atoms with van der Waals surface area (Å²) in [6.07, 6.45) is 0.666. The first kappa shape index (κ1) is 11.7. The average molecular weight is 231 g/mol. The summed E-state index contributed by atoms with van der Waals surface area (Å²) in [4.78, 5) is 13.4. The van der Waals surface area contributed by atoms with E-state index >= 15 is 0 Å². The smallest absolute Gasteiger partial charge is 0.311 e. The highest BCUT2D eigenvalue weighted by Gasteiger charge is 2.29. The number of fused-ring (bicyclic) bond motifs is 1. The Kier molecular flexibility index (Phi) is 3.18. The highest BCUT2D eigenvalue weighted by Crippen LogP contribution is 2.35. The molecule has 1 heterocycles. The van der Waals surface area contributed by atoms with Gasteiger partial charge in [-0.25, -0.2) is 0 Å². The summed E-state index contributed by atoms with van der Waals surface area (Å²) in [7, 11) is 0. The lowest BCUT2D eigenvalue weighted by Crippen LogP contribution is -2.34. The molecule has 1 aromatic rings. The monoisotopic (exact) mass is 231 g/mol. The Bertz CT molecular complexity index is 453. The molecule has 1 unspecified atom stereocenters. The number of para-hydroxylation sites is 1. The lowest BCUT2D eigenvalue weighted by molar-refractivity contribution is -0.139. The fourth-order valence-electron chi connectivity index (χ4n) is 2.38. The maximum atomic E-state index is 11.2. The Morgan fingerprint density at radius 3 is 2.88 bits per heavy atom. The molecule has 0 bridgehead atoms. The van der Waals surface area contributed by atoms with Crippen molar-refractivity contribution in [2.45, 2.75) is 19.3 Å². The zero-order valence-corrected chi connectivity index (χ0v) is 10.0. The van der Waals surface area contributed by atoms with Crippen LogP contribution in [0.1, 0.15) is 24.8 Å². The number of rotatable bonds is 3. The van der Waals surface area contributed by atoms with E-state index in [2.05, 4.69) is 11.5 Å². The van der Waals surface area contributed by atoms with Gasteiger partial charge in [0.1, 0.15) is 0 Å². The second kappa shape index (κ2) is 4.62. The number of benzene rings is 1. The van der Waals surface area contributed by atoms with Crippen LogP contribution in [0.5, 0.6) is 0 Å². The van der Waals surface area contributed by atoms with Crippen molar-refractivity contribution in [2.75, 3.05) is 18.0 Å². The zero-order chi connectivity index (χ0) is 12.4. The molecule has 1 aliphatic rings. The van der Waals surface area contributed by atoms with Crippen LogP contribution in [0, 0.1) is 0 Å². The number of anilines is 1. The SMILES string of the molecule is C=C(C)CN1CCC(C(=O)O)c2ccccc21. The predicted octanol–water partition coefficient (Wildman–Crippen LogP) is 2.64. The van der Waals surface area contributed by atoms with Crippen LogP contribution in [0.2, 0.25) is 0 Å². The average Bonchev–Trinajstić information content (AvgIpc) is 2.28. The molecule has 0 spiro atoms. The summed E-state index contributed by atoms with van der Waals surface area (Å²) in [5.41, 5.74) is 3.05. The maximum absolute atomic E-state index is 11.2. The number of carbonyl (C=O) groups is 1. The van der Waals surface area contributed by atoms with Gasteiger partial charge in [-0.05, 0) is 25.0 Å². The van der Waals surface area contributed by atoms with Gasteiger partial charge in [0.25, 0.3) is 0 Å². The topological polar surface area (TPSA) is 40.5 Å². The van der Waals surface area contributed by atoms with Gasteiger partial charge in [-0.3, -0.25) is 4.79 Å². The van der Waals surface area contributed by atoms with E-state index in [1.807, 2.05) is 31.2 Å². The van der Waals surface area contributed by atoms with Gasteiger partial charge in [-0.2, -0.15) is 0 Å². The van der Waals surface area contributed by atoms with E-state index in [0.717, 1.165) is 29.9 Å². The van der Waals surface area contributed by atoms with Crippen molar-refractivity contribution in [3.8, 4) is 0 Å². The summed E-state index contributed by atoms with van der Waals surface area (Å²) in [5.74, 6) is -1.10. The molecular weight excluding hydrogens is 214 g/mol. The quantitative estimate of drug-likeness (QED) is 0.813. The molecule has 0 radical (unpaired) electrons. The van der Waals surface area contributed by atoms with Gasteiger partial charge in [0.15, 0.2) is 0 Å². The standard InChI is InChI=1S/C14H17NO2/c1-10(2)9-15-8-7-12(14(16)17)11-5-3-4-6-13(11)15/h3-6,12H,1,7-9H2,2H3,(H,16,17). The van der Waals surface area contributed by atoms with Crippen LogP contribution < -0.4 is 4.90 Å². The molecule has 0 fully saturated rings. The molecule has 1 aliphatic heterocycles. The van der Waals surface area contributed by atoms with E-state index in [0.29, 0.717) is 6.42 Å². The third kappa shape index (κ3) is 2.33. The molecule has 3 heteroatoms. The van der Waals surface area contributed by atoms with Crippen LogP contribution in [0.4, 0.5) is 5.69 Å². The Morgan fingerprint density at radius 1 is 1.53 bits per heavy atom. The largest absolute Gasteiger partial charge is 0.481 e. The number of carboxylic acids is 1. The summed E-state index contributed by atoms with van der Waals surface area (Å²) in [5, 5.41) is 9.22. The highest BCUT2D eigenvalue weighted by molar-refractivity contribution is 5.80.